The summed E-state index contributed by atoms with van der Waals surface area (Å²) >= 11 is 0. The van der Waals surface area contributed by atoms with Crippen molar-refractivity contribution in [1.29, 1.82) is 0 Å². The van der Waals surface area contributed by atoms with Crippen molar-refractivity contribution in [2.45, 2.75) is 63.1 Å². The van der Waals surface area contributed by atoms with E-state index < -0.39 is 41.3 Å². The molecule has 0 saturated carbocycles. The van der Waals surface area contributed by atoms with Crippen LogP contribution in [0.25, 0.3) is 0 Å². The van der Waals surface area contributed by atoms with E-state index in [0.717, 1.165) is 22.3 Å². The number of rotatable bonds is 18. The first kappa shape index (κ1) is 36.7. The zero-order chi connectivity index (χ0) is 35.3. The summed E-state index contributed by atoms with van der Waals surface area (Å²) in [7, 11) is 2.86. The molecule has 0 radical (unpaired) electrons. The summed E-state index contributed by atoms with van der Waals surface area (Å²) in [4.78, 5) is 39.5. The van der Waals surface area contributed by atoms with Crippen molar-refractivity contribution < 1.29 is 33.7 Å². The molecular formula is C40H46N2O7. The van der Waals surface area contributed by atoms with Crippen molar-refractivity contribution in [1.82, 2.24) is 10.6 Å². The van der Waals surface area contributed by atoms with E-state index >= 15 is 0 Å². The zero-order valence-corrected chi connectivity index (χ0v) is 28.6. The lowest BCUT2D eigenvalue weighted by Gasteiger charge is -2.35. The van der Waals surface area contributed by atoms with Gasteiger partial charge in [-0.1, -0.05) is 111 Å². The van der Waals surface area contributed by atoms with Crippen LogP contribution in [0.4, 0.5) is 0 Å². The number of nitrogens with one attached hydrogen (secondary N) is 2. The van der Waals surface area contributed by atoms with E-state index in [4.69, 9.17) is 14.2 Å². The second-order valence-corrected chi connectivity index (χ2v) is 12.8. The summed E-state index contributed by atoms with van der Waals surface area (Å²) in [6.45, 7) is 4.85. The van der Waals surface area contributed by atoms with E-state index in [2.05, 4.69) is 24.5 Å². The topological polar surface area (TPSA) is 123 Å². The fourth-order valence-electron chi connectivity index (χ4n) is 5.82. The highest BCUT2D eigenvalue weighted by atomic mass is 16.5. The number of benzene rings is 4. The molecule has 0 aliphatic heterocycles. The molecule has 0 aliphatic rings. The molecule has 0 aliphatic carbocycles. The van der Waals surface area contributed by atoms with E-state index in [9.17, 15) is 19.5 Å². The number of carbonyl (C=O) groups excluding carboxylic acids is 2. The molecular weight excluding hydrogens is 620 g/mol. The summed E-state index contributed by atoms with van der Waals surface area (Å²) in [5.74, 6) is -1.13. The highest BCUT2D eigenvalue weighted by Gasteiger charge is 2.42. The zero-order valence-electron chi connectivity index (χ0n) is 28.6. The Bertz CT molecular complexity index is 1660. The van der Waals surface area contributed by atoms with E-state index in [1.807, 2.05) is 109 Å². The average Bonchev–Trinajstić information content (AvgIpc) is 3.10. The number of carboxylic acids is 1. The van der Waals surface area contributed by atoms with Gasteiger partial charge in [-0.2, -0.15) is 0 Å². The van der Waals surface area contributed by atoms with E-state index in [-0.39, 0.29) is 12.8 Å². The van der Waals surface area contributed by atoms with Crippen LogP contribution in [0.5, 0.6) is 11.5 Å². The maximum absolute atomic E-state index is 14.3. The van der Waals surface area contributed by atoms with Crippen molar-refractivity contribution in [2.24, 2.45) is 0 Å². The molecule has 4 aromatic carbocycles. The first-order valence-corrected chi connectivity index (χ1v) is 16.3. The number of ether oxygens (including phenoxy) is 3. The number of aliphatic carboxylic acids is 1. The van der Waals surface area contributed by atoms with Crippen LogP contribution in [0.15, 0.2) is 109 Å². The second kappa shape index (κ2) is 17.3. The highest BCUT2D eigenvalue weighted by Crippen LogP contribution is 2.35. The van der Waals surface area contributed by atoms with Crippen LogP contribution in [0.1, 0.15) is 48.9 Å². The minimum atomic E-state index is -1.57. The number of carbonyl (C=O) groups is 3. The Kier molecular flexibility index (Phi) is 13.0. The fourth-order valence-corrected chi connectivity index (χ4v) is 5.82. The maximum atomic E-state index is 14.3. The van der Waals surface area contributed by atoms with Crippen LogP contribution in [0.2, 0.25) is 0 Å². The molecule has 0 spiro atoms. The molecule has 2 atom stereocenters. The normalized spacial score (nSPS) is 13.1. The smallest absolute Gasteiger partial charge is 0.328 e. The average molecular weight is 667 g/mol. The Labute approximate surface area is 288 Å². The molecule has 49 heavy (non-hydrogen) atoms. The molecule has 0 unspecified atom stereocenters. The second-order valence-electron chi connectivity index (χ2n) is 12.8. The third-order valence-electron chi connectivity index (χ3n) is 8.71. The predicted octanol–water partition coefficient (Wildman–Crippen LogP) is 5.89. The van der Waals surface area contributed by atoms with E-state index in [1.54, 1.807) is 7.11 Å². The van der Waals surface area contributed by atoms with Gasteiger partial charge in [0.25, 0.3) is 0 Å². The minimum Gasteiger partial charge on any atom is -0.493 e. The molecule has 3 N–H and O–H groups in total. The molecule has 0 fully saturated rings. The third-order valence-corrected chi connectivity index (χ3v) is 8.71. The lowest BCUT2D eigenvalue weighted by atomic mass is 9.80. The first-order valence-electron chi connectivity index (χ1n) is 16.3. The fraction of sp³-hybridized carbons (Fsp3) is 0.325. The molecule has 4 aromatic rings. The van der Waals surface area contributed by atoms with Gasteiger partial charge in [-0.05, 0) is 52.8 Å². The predicted molar refractivity (Wildman–Crippen MR) is 189 cm³/mol. The minimum absolute atomic E-state index is 0.0889. The number of carboxylic acid groups (broad SMARTS) is 1. The molecule has 0 aromatic heterocycles. The van der Waals surface area contributed by atoms with Crippen LogP contribution >= 0.6 is 0 Å². The summed E-state index contributed by atoms with van der Waals surface area (Å²) in [6.07, 6.45) is 0.317. The molecule has 0 saturated heterocycles. The van der Waals surface area contributed by atoms with Gasteiger partial charge < -0.3 is 30.0 Å². The first-order chi connectivity index (χ1) is 23.5. The summed E-state index contributed by atoms with van der Waals surface area (Å²) in [5.41, 5.74) is 1.64. The Hall–Kier alpha value is -5.15. The lowest BCUT2D eigenvalue weighted by molar-refractivity contribution is -0.147. The van der Waals surface area contributed by atoms with Gasteiger partial charge >= 0.3 is 11.9 Å². The van der Waals surface area contributed by atoms with Gasteiger partial charge in [0.15, 0.2) is 11.5 Å². The monoisotopic (exact) mass is 666 g/mol. The Morgan fingerprint density at radius 3 is 1.94 bits per heavy atom. The molecule has 1 amide bonds. The summed E-state index contributed by atoms with van der Waals surface area (Å²) < 4.78 is 16.8. The van der Waals surface area contributed by atoms with Gasteiger partial charge in [0.2, 0.25) is 5.91 Å². The third kappa shape index (κ3) is 10.4. The Balaban J connectivity index is 1.58. The number of hydrogen-bond acceptors (Lipinski definition) is 7. The Morgan fingerprint density at radius 1 is 0.776 bits per heavy atom. The molecule has 0 bridgehead atoms. The van der Waals surface area contributed by atoms with Crippen molar-refractivity contribution in [3.05, 3.63) is 131 Å². The van der Waals surface area contributed by atoms with Crippen LogP contribution in [0.3, 0.4) is 0 Å². The maximum Gasteiger partial charge on any atom is 0.328 e. The van der Waals surface area contributed by atoms with Crippen molar-refractivity contribution in [3.8, 4) is 11.5 Å². The quantitative estimate of drug-likeness (QED) is 0.112. The van der Waals surface area contributed by atoms with Crippen molar-refractivity contribution >= 4 is 17.8 Å². The molecule has 0 heterocycles. The van der Waals surface area contributed by atoms with E-state index in [1.165, 1.54) is 7.11 Å². The van der Waals surface area contributed by atoms with Crippen LogP contribution in [0, 0.1) is 0 Å². The van der Waals surface area contributed by atoms with Gasteiger partial charge in [-0.3, -0.25) is 9.59 Å². The standard InChI is InChI=1S/C40H46N2O7/c1-39(2,32-20-21-34(47-3)35(25-32)49-28-31-18-12-7-13-19-31)22-23-41-40(27-36(43)44,26-30-16-10-6-11-17-30)38(46)42-33(37(45)48-4)24-29-14-8-5-9-15-29/h5-21,25,33,41H,22-24,26-28H2,1-4H3,(H,42,46)(H,43,44)/t33-,40-/m0/s1. The van der Waals surface area contributed by atoms with E-state index in [0.29, 0.717) is 31.1 Å². The number of hydrogen-bond donors (Lipinski definition) is 3. The van der Waals surface area contributed by atoms with Gasteiger partial charge in [0.05, 0.1) is 20.6 Å². The summed E-state index contributed by atoms with van der Waals surface area (Å²) in [5, 5.41) is 16.3. The van der Waals surface area contributed by atoms with Crippen LogP contribution in [-0.2, 0) is 44.0 Å². The summed E-state index contributed by atoms with van der Waals surface area (Å²) in [6, 6.07) is 33.2. The number of esters is 1. The SMILES string of the molecule is COC(=O)[C@H](Cc1ccccc1)NC(=O)[C@@](CC(=O)O)(Cc1ccccc1)NCCC(C)(C)c1ccc(OC)c(OCc2ccccc2)c1. The Morgan fingerprint density at radius 2 is 1.37 bits per heavy atom. The van der Waals surface area contributed by atoms with Crippen LogP contribution < -0.4 is 20.1 Å². The van der Waals surface area contributed by atoms with Gasteiger partial charge in [0.1, 0.15) is 18.2 Å². The number of methoxy groups -OCH3 is 2. The van der Waals surface area contributed by atoms with Crippen molar-refractivity contribution in [3.63, 3.8) is 0 Å². The molecule has 9 heteroatoms. The molecule has 9 nitrogen and oxygen atoms in total. The molecule has 4 rings (SSSR count). The van der Waals surface area contributed by atoms with Crippen molar-refractivity contribution in [2.75, 3.05) is 20.8 Å². The largest absolute Gasteiger partial charge is 0.493 e. The van der Waals surface area contributed by atoms with Crippen LogP contribution in [-0.4, -0.2) is 55.3 Å². The highest BCUT2D eigenvalue weighted by molar-refractivity contribution is 5.93. The van der Waals surface area contributed by atoms with Gasteiger partial charge in [-0.25, -0.2) is 4.79 Å². The van der Waals surface area contributed by atoms with Gasteiger partial charge in [-0.15, -0.1) is 0 Å². The molecule has 258 valence electrons. The lowest BCUT2D eigenvalue weighted by Crippen LogP contribution is -2.62. The van der Waals surface area contributed by atoms with Gasteiger partial charge in [0, 0.05) is 12.8 Å². The number of amides is 1.